The van der Waals surface area contributed by atoms with Gasteiger partial charge in [-0.15, -0.1) is 0 Å². The van der Waals surface area contributed by atoms with Crippen LogP contribution in [0, 0.1) is 23.7 Å². The largest absolute Gasteiger partial charge is 0.339 e. The van der Waals surface area contributed by atoms with E-state index < -0.39 is 0 Å². The Morgan fingerprint density at radius 3 is 1.96 bits per heavy atom. The van der Waals surface area contributed by atoms with E-state index in [1.165, 1.54) is 87.4 Å². The van der Waals surface area contributed by atoms with Gasteiger partial charge < -0.3 is 9.80 Å². The molecular weight excluding hydrogens is 579 g/mol. The number of anilines is 4. The maximum absolute atomic E-state index is 2.99. The number of nitrogens with zero attached hydrogens (tertiary/aromatic N) is 2. The summed E-state index contributed by atoms with van der Waals surface area (Å²) in [6, 6.07) is 20.0. The molecule has 0 saturated heterocycles. The summed E-state index contributed by atoms with van der Waals surface area (Å²) in [4.78, 5) is 5.96. The van der Waals surface area contributed by atoms with Crippen LogP contribution in [0.1, 0.15) is 146 Å². The first kappa shape index (κ1) is 29.1. The summed E-state index contributed by atoms with van der Waals surface area (Å²) in [6.07, 6.45) is 15.6. The Kier molecular flexibility index (Phi) is 5.79. The molecule has 8 aliphatic rings. The van der Waals surface area contributed by atoms with Crippen LogP contribution in [-0.4, -0.2) is 18.8 Å². The molecule has 0 radical (unpaired) electrons. The molecular formula is C45H55BN2. The number of hydrogen-bond acceptors (Lipinski definition) is 2. The molecule has 3 heteroatoms. The van der Waals surface area contributed by atoms with Crippen molar-refractivity contribution in [3.8, 4) is 0 Å². The molecule has 3 aromatic rings. The molecule has 3 aliphatic heterocycles. The van der Waals surface area contributed by atoms with Crippen LogP contribution < -0.4 is 26.2 Å². The SMILES string of the molecule is CC(C)(C)c1ccc2c(c1)B1c3cc(C(C)(C)C)cc4c3N(c3cc(C5CC6CCC5C6)cc(c31)N2C1CC2CCC1C2)C1CCCC41. The van der Waals surface area contributed by atoms with E-state index in [0.29, 0.717) is 24.7 Å². The lowest BCUT2D eigenvalue weighted by atomic mass is 9.33. The van der Waals surface area contributed by atoms with E-state index in [-0.39, 0.29) is 10.8 Å². The Bertz CT molecular complexity index is 1870. The van der Waals surface area contributed by atoms with E-state index in [1.54, 1.807) is 44.6 Å². The van der Waals surface area contributed by atoms with E-state index in [9.17, 15) is 0 Å². The smallest absolute Gasteiger partial charge is 0.252 e. The third kappa shape index (κ3) is 3.83. The molecule has 0 spiro atoms. The molecule has 3 aromatic carbocycles. The first-order valence-electron chi connectivity index (χ1n) is 20.1. The van der Waals surface area contributed by atoms with E-state index in [2.05, 4.69) is 93.8 Å². The molecule has 2 nitrogen and oxygen atoms in total. The van der Waals surface area contributed by atoms with Gasteiger partial charge in [0.2, 0.25) is 0 Å². The second-order valence-corrected chi connectivity index (χ2v) is 20.1. The minimum Gasteiger partial charge on any atom is -0.339 e. The minimum absolute atomic E-state index is 0.119. The standard InChI is InChI=1S/C45H55BN2/c1-44(2,3)30-14-15-38-35(23-30)46-36-24-31(45(4,5)6)22-34-32-8-7-9-37(32)48(43(34)36)41-21-29(33-18-25-10-12-27(33)16-25)20-40(42(41)46)47(38)39-19-26-11-13-28(39)17-26/h14-15,20-28,32-33,37,39H,7-13,16-19H2,1-6H3. The van der Waals surface area contributed by atoms with Gasteiger partial charge in [-0.25, -0.2) is 0 Å². The van der Waals surface area contributed by atoms with Crippen LogP contribution in [0.15, 0.2) is 42.5 Å². The fourth-order valence-corrected chi connectivity index (χ4v) is 13.1. The molecule has 8 atom stereocenters. The van der Waals surface area contributed by atoms with Crippen molar-refractivity contribution < 1.29 is 0 Å². The lowest BCUT2D eigenvalue weighted by Gasteiger charge is -2.48. The normalized spacial score (nSPS) is 33.4. The summed E-state index contributed by atoms with van der Waals surface area (Å²) in [5.41, 5.74) is 17.9. The maximum atomic E-state index is 2.99. The summed E-state index contributed by atoms with van der Waals surface area (Å²) in [5, 5.41) is 0. The average Bonchev–Trinajstić information content (AvgIpc) is 3.90. The number of rotatable bonds is 2. The third-order valence-electron chi connectivity index (χ3n) is 15.4. The van der Waals surface area contributed by atoms with Crippen LogP contribution in [0.5, 0.6) is 0 Å². The maximum Gasteiger partial charge on any atom is 0.252 e. The molecule has 0 N–H and O–H groups in total. The molecule has 3 heterocycles. The minimum atomic E-state index is 0.119. The van der Waals surface area contributed by atoms with E-state index >= 15 is 0 Å². The highest BCUT2D eigenvalue weighted by Crippen LogP contribution is 2.58. The Morgan fingerprint density at radius 1 is 0.583 bits per heavy atom. The van der Waals surface area contributed by atoms with Gasteiger partial charge in [0, 0.05) is 40.8 Å². The molecule has 8 unspecified atom stereocenters. The zero-order valence-corrected chi connectivity index (χ0v) is 30.4. The predicted molar refractivity (Wildman–Crippen MR) is 203 cm³/mol. The number of hydrogen-bond donors (Lipinski definition) is 0. The summed E-state index contributed by atoms with van der Waals surface area (Å²) in [7, 11) is 0. The summed E-state index contributed by atoms with van der Waals surface area (Å²) >= 11 is 0. The van der Waals surface area contributed by atoms with Crippen LogP contribution in [0.4, 0.5) is 22.7 Å². The second kappa shape index (κ2) is 9.55. The van der Waals surface area contributed by atoms with Gasteiger partial charge in [0.25, 0.3) is 6.71 Å². The van der Waals surface area contributed by atoms with Gasteiger partial charge >= 0.3 is 0 Å². The number of fused-ring (bicyclic) bond motifs is 11. The highest BCUT2D eigenvalue weighted by Gasteiger charge is 2.54. The Labute approximate surface area is 290 Å². The van der Waals surface area contributed by atoms with E-state index in [0.717, 1.165) is 29.6 Å². The Balaban J connectivity index is 1.22. The molecule has 4 bridgehead atoms. The predicted octanol–water partition coefficient (Wildman–Crippen LogP) is 9.44. The van der Waals surface area contributed by atoms with Gasteiger partial charge in [-0.1, -0.05) is 85.1 Å². The summed E-state index contributed by atoms with van der Waals surface area (Å²) in [5.74, 6) is 5.05. The topological polar surface area (TPSA) is 6.48 Å². The first-order chi connectivity index (χ1) is 23.0. The van der Waals surface area contributed by atoms with Crippen LogP contribution >= 0.6 is 0 Å². The van der Waals surface area contributed by atoms with Gasteiger partial charge in [0.05, 0.1) is 0 Å². The summed E-state index contributed by atoms with van der Waals surface area (Å²) < 4.78 is 0. The fourth-order valence-electron chi connectivity index (χ4n) is 13.1. The molecule has 5 aliphatic carbocycles. The molecule has 48 heavy (non-hydrogen) atoms. The first-order valence-corrected chi connectivity index (χ1v) is 20.1. The third-order valence-corrected chi connectivity index (χ3v) is 15.4. The van der Waals surface area contributed by atoms with Crippen LogP contribution in [0.3, 0.4) is 0 Å². The van der Waals surface area contributed by atoms with Crippen molar-refractivity contribution in [2.75, 3.05) is 9.80 Å². The van der Waals surface area contributed by atoms with E-state index in [1.807, 2.05) is 0 Å². The zero-order valence-electron chi connectivity index (χ0n) is 30.4. The van der Waals surface area contributed by atoms with Crippen molar-refractivity contribution in [3.05, 3.63) is 64.7 Å². The summed E-state index contributed by atoms with van der Waals surface area (Å²) in [6.45, 7) is 14.9. The van der Waals surface area contributed by atoms with Gasteiger partial charge in [0.1, 0.15) is 0 Å². The van der Waals surface area contributed by atoms with Crippen LogP contribution in [-0.2, 0) is 10.8 Å². The molecule has 5 saturated carbocycles. The Hall–Kier alpha value is -2.68. The molecule has 11 rings (SSSR count). The van der Waals surface area contributed by atoms with Crippen molar-refractivity contribution in [1.29, 1.82) is 0 Å². The molecule has 0 amide bonds. The van der Waals surface area contributed by atoms with Crippen LogP contribution in [0.25, 0.3) is 0 Å². The quantitative estimate of drug-likeness (QED) is 0.259. The lowest BCUT2D eigenvalue weighted by molar-refractivity contribution is 0.412. The molecule has 0 aromatic heterocycles. The van der Waals surface area contributed by atoms with Gasteiger partial charge in [-0.3, -0.25) is 0 Å². The Morgan fingerprint density at radius 2 is 1.29 bits per heavy atom. The number of benzene rings is 3. The highest BCUT2D eigenvalue weighted by molar-refractivity contribution is 7.00. The van der Waals surface area contributed by atoms with Crippen molar-refractivity contribution in [2.45, 2.75) is 147 Å². The van der Waals surface area contributed by atoms with Crippen LogP contribution in [0.2, 0.25) is 0 Å². The van der Waals surface area contributed by atoms with Gasteiger partial charge in [-0.05, 0) is 149 Å². The van der Waals surface area contributed by atoms with Gasteiger partial charge in [-0.2, -0.15) is 0 Å². The monoisotopic (exact) mass is 634 g/mol. The van der Waals surface area contributed by atoms with Crippen molar-refractivity contribution in [2.24, 2.45) is 23.7 Å². The average molecular weight is 635 g/mol. The molecule has 248 valence electrons. The lowest BCUT2D eigenvalue weighted by Crippen LogP contribution is -2.64. The zero-order chi connectivity index (χ0) is 32.4. The van der Waals surface area contributed by atoms with Gasteiger partial charge in [0.15, 0.2) is 0 Å². The van der Waals surface area contributed by atoms with E-state index in [4.69, 9.17) is 0 Å². The fraction of sp³-hybridized carbons (Fsp3) is 0.600. The highest BCUT2D eigenvalue weighted by atomic mass is 15.2. The van der Waals surface area contributed by atoms with Crippen molar-refractivity contribution >= 4 is 45.9 Å². The van der Waals surface area contributed by atoms with Crippen molar-refractivity contribution in [3.63, 3.8) is 0 Å². The van der Waals surface area contributed by atoms with Crippen molar-refractivity contribution in [1.82, 2.24) is 0 Å². The second-order valence-electron chi connectivity index (χ2n) is 20.1. The molecule has 5 fully saturated rings.